The lowest BCUT2D eigenvalue weighted by molar-refractivity contribution is -0.129. The molecule has 0 bridgehead atoms. The number of carbonyl (C=O) groups is 1. The number of aromatic amines is 1. The summed E-state index contributed by atoms with van der Waals surface area (Å²) in [5.74, 6) is 1.31. The predicted octanol–water partition coefficient (Wildman–Crippen LogP) is 2.83. The van der Waals surface area contributed by atoms with E-state index in [-0.39, 0.29) is 18.0 Å². The number of hydrogen-bond donors (Lipinski definition) is 2. The molecule has 7 heteroatoms. The topological polar surface area (TPSA) is 83.1 Å². The maximum atomic E-state index is 12.1. The summed E-state index contributed by atoms with van der Waals surface area (Å²) in [6, 6.07) is 0.407. The van der Waals surface area contributed by atoms with Gasteiger partial charge >= 0.3 is 0 Å². The summed E-state index contributed by atoms with van der Waals surface area (Å²) >= 11 is 0. The zero-order chi connectivity index (χ0) is 18.8. The first-order valence-corrected chi connectivity index (χ1v) is 9.76. The first-order chi connectivity index (χ1) is 13.2. The van der Waals surface area contributed by atoms with Crippen LogP contribution >= 0.6 is 0 Å². The van der Waals surface area contributed by atoms with Crippen LogP contribution in [0.4, 0.5) is 5.82 Å². The number of likely N-dealkylation sites (tertiary alicyclic amines) is 1. The molecular formula is C20H27N5O2. The molecule has 4 heterocycles. The summed E-state index contributed by atoms with van der Waals surface area (Å²) in [5, 5.41) is 4.66. The summed E-state index contributed by atoms with van der Waals surface area (Å²) in [6.45, 7) is 7.98. The molecule has 1 amide bonds. The van der Waals surface area contributed by atoms with Crippen LogP contribution in [0.1, 0.15) is 44.1 Å². The van der Waals surface area contributed by atoms with Crippen molar-refractivity contribution in [1.82, 2.24) is 19.9 Å². The third-order valence-corrected chi connectivity index (χ3v) is 5.84. The molecule has 2 aliphatic heterocycles. The molecule has 2 aromatic heterocycles. The Hall–Kier alpha value is -2.41. The average Bonchev–Trinajstić information content (AvgIpc) is 3.15. The average molecular weight is 369 g/mol. The predicted molar refractivity (Wildman–Crippen MR) is 105 cm³/mol. The van der Waals surface area contributed by atoms with Crippen LogP contribution in [0.2, 0.25) is 0 Å². The van der Waals surface area contributed by atoms with Crippen LogP contribution in [0.15, 0.2) is 25.2 Å². The standard InChI is InChI=1S/C20H27N5O2/c1-3-17(26)25-11-15(5-4-13(25)2)24-20-18-16(14-6-8-27-9-7-14)10-21-19(18)22-12-23-20/h3,10,12-15H,1,4-9,11H2,2H3,(H2,21,22,23,24)/t13-,15-/m1/s1. The molecule has 0 aromatic carbocycles. The minimum atomic E-state index is -0.00799. The van der Waals surface area contributed by atoms with Gasteiger partial charge in [-0.3, -0.25) is 4.79 Å². The molecule has 2 aromatic rings. The van der Waals surface area contributed by atoms with Crippen LogP contribution in [0.25, 0.3) is 11.0 Å². The molecule has 0 aliphatic carbocycles. The number of rotatable bonds is 4. The molecule has 2 fully saturated rings. The van der Waals surface area contributed by atoms with E-state index in [1.807, 2.05) is 4.90 Å². The SMILES string of the molecule is C=CC(=O)N1C[C@H](Nc2ncnc3[nH]cc(C4CCOCC4)c23)CC[C@H]1C. The second kappa shape index (κ2) is 7.68. The molecular weight excluding hydrogens is 342 g/mol. The maximum absolute atomic E-state index is 12.1. The highest BCUT2D eigenvalue weighted by molar-refractivity contribution is 5.91. The number of fused-ring (bicyclic) bond motifs is 1. The zero-order valence-corrected chi connectivity index (χ0v) is 15.8. The molecule has 4 rings (SSSR count). The molecule has 2 atom stereocenters. The van der Waals surface area contributed by atoms with E-state index in [0.29, 0.717) is 12.5 Å². The van der Waals surface area contributed by atoms with E-state index < -0.39 is 0 Å². The highest BCUT2D eigenvalue weighted by Gasteiger charge is 2.29. The fraction of sp³-hybridized carbons (Fsp3) is 0.550. The number of nitrogens with one attached hydrogen (secondary N) is 2. The molecule has 2 aliphatic rings. The van der Waals surface area contributed by atoms with Crippen molar-refractivity contribution < 1.29 is 9.53 Å². The normalized spacial score (nSPS) is 24.1. The number of piperidine rings is 1. The van der Waals surface area contributed by atoms with Crippen LogP contribution in [0.5, 0.6) is 0 Å². The van der Waals surface area contributed by atoms with Crippen molar-refractivity contribution in [1.29, 1.82) is 0 Å². The zero-order valence-electron chi connectivity index (χ0n) is 15.8. The first kappa shape index (κ1) is 18.0. The Bertz CT molecular complexity index is 827. The van der Waals surface area contributed by atoms with Crippen molar-refractivity contribution in [2.24, 2.45) is 0 Å². The van der Waals surface area contributed by atoms with Crippen molar-refractivity contribution >= 4 is 22.8 Å². The Morgan fingerprint density at radius 3 is 2.93 bits per heavy atom. The molecule has 144 valence electrons. The number of amides is 1. The van der Waals surface area contributed by atoms with Crippen LogP contribution in [-0.2, 0) is 9.53 Å². The van der Waals surface area contributed by atoms with E-state index in [2.05, 4.69) is 40.0 Å². The lowest BCUT2D eigenvalue weighted by Gasteiger charge is -2.38. The van der Waals surface area contributed by atoms with E-state index in [9.17, 15) is 4.79 Å². The molecule has 27 heavy (non-hydrogen) atoms. The Kier molecular flexibility index (Phi) is 5.11. The number of ether oxygens (including phenoxy) is 1. The van der Waals surface area contributed by atoms with Crippen LogP contribution in [0, 0.1) is 0 Å². The lowest BCUT2D eigenvalue weighted by Crippen LogP contribution is -2.49. The second-order valence-corrected chi connectivity index (χ2v) is 7.54. The monoisotopic (exact) mass is 369 g/mol. The van der Waals surface area contributed by atoms with Gasteiger partial charge in [-0.1, -0.05) is 6.58 Å². The van der Waals surface area contributed by atoms with Crippen LogP contribution in [0.3, 0.4) is 0 Å². The van der Waals surface area contributed by atoms with Gasteiger partial charge in [0.1, 0.15) is 17.8 Å². The Balaban J connectivity index is 1.59. The van der Waals surface area contributed by atoms with Crippen molar-refractivity contribution in [3.05, 3.63) is 30.7 Å². The van der Waals surface area contributed by atoms with Crippen molar-refractivity contribution in [2.45, 2.75) is 50.6 Å². The van der Waals surface area contributed by atoms with E-state index in [0.717, 1.165) is 55.7 Å². The van der Waals surface area contributed by atoms with Gasteiger partial charge in [0.25, 0.3) is 0 Å². The smallest absolute Gasteiger partial charge is 0.246 e. The number of H-pyrrole nitrogens is 1. The molecule has 0 saturated carbocycles. The van der Waals surface area contributed by atoms with Gasteiger partial charge in [0.05, 0.1) is 5.39 Å². The minimum Gasteiger partial charge on any atom is -0.381 e. The minimum absolute atomic E-state index is 0.00799. The van der Waals surface area contributed by atoms with Gasteiger partial charge in [0.2, 0.25) is 5.91 Å². The quantitative estimate of drug-likeness (QED) is 0.810. The Morgan fingerprint density at radius 1 is 1.33 bits per heavy atom. The summed E-state index contributed by atoms with van der Waals surface area (Å²) in [6.07, 6.45) is 9.06. The number of carbonyl (C=O) groups excluding carboxylic acids is 1. The van der Waals surface area contributed by atoms with Gasteiger partial charge in [-0.05, 0) is 50.2 Å². The van der Waals surface area contributed by atoms with Gasteiger partial charge in [-0.15, -0.1) is 0 Å². The van der Waals surface area contributed by atoms with Gasteiger partial charge < -0.3 is 19.9 Å². The van der Waals surface area contributed by atoms with Crippen LogP contribution < -0.4 is 5.32 Å². The van der Waals surface area contributed by atoms with Gasteiger partial charge in [0, 0.05) is 38.0 Å². The van der Waals surface area contributed by atoms with E-state index >= 15 is 0 Å². The maximum Gasteiger partial charge on any atom is 0.246 e. The summed E-state index contributed by atoms with van der Waals surface area (Å²) in [7, 11) is 0. The summed E-state index contributed by atoms with van der Waals surface area (Å²) in [5.41, 5.74) is 2.12. The fourth-order valence-corrected chi connectivity index (χ4v) is 4.27. The fourth-order valence-electron chi connectivity index (χ4n) is 4.27. The number of nitrogens with zero attached hydrogens (tertiary/aromatic N) is 3. The van der Waals surface area contributed by atoms with Gasteiger partial charge in [-0.25, -0.2) is 9.97 Å². The number of aromatic nitrogens is 3. The van der Waals surface area contributed by atoms with Crippen molar-refractivity contribution in [3.8, 4) is 0 Å². The van der Waals surface area contributed by atoms with Crippen molar-refractivity contribution in [3.63, 3.8) is 0 Å². The third kappa shape index (κ3) is 3.56. The van der Waals surface area contributed by atoms with E-state index in [1.54, 1.807) is 6.33 Å². The molecule has 0 radical (unpaired) electrons. The lowest BCUT2D eigenvalue weighted by atomic mass is 9.92. The van der Waals surface area contributed by atoms with Crippen LogP contribution in [-0.4, -0.2) is 57.6 Å². The first-order valence-electron chi connectivity index (χ1n) is 9.76. The van der Waals surface area contributed by atoms with Gasteiger partial charge in [-0.2, -0.15) is 0 Å². The summed E-state index contributed by atoms with van der Waals surface area (Å²) in [4.78, 5) is 26.3. The number of hydrogen-bond acceptors (Lipinski definition) is 5. The Labute approximate surface area is 159 Å². The molecule has 7 nitrogen and oxygen atoms in total. The molecule has 2 N–H and O–H groups in total. The Morgan fingerprint density at radius 2 is 2.15 bits per heavy atom. The van der Waals surface area contributed by atoms with E-state index in [4.69, 9.17) is 4.74 Å². The highest BCUT2D eigenvalue weighted by Crippen LogP contribution is 2.35. The number of anilines is 1. The third-order valence-electron chi connectivity index (χ3n) is 5.84. The molecule has 0 unspecified atom stereocenters. The van der Waals surface area contributed by atoms with Crippen molar-refractivity contribution in [2.75, 3.05) is 25.1 Å². The molecule has 2 saturated heterocycles. The molecule has 0 spiro atoms. The highest BCUT2D eigenvalue weighted by atomic mass is 16.5. The van der Waals surface area contributed by atoms with Gasteiger partial charge in [0.15, 0.2) is 0 Å². The largest absolute Gasteiger partial charge is 0.381 e. The summed E-state index contributed by atoms with van der Waals surface area (Å²) < 4.78 is 5.51. The van der Waals surface area contributed by atoms with E-state index in [1.165, 1.54) is 11.6 Å². The second-order valence-electron chi connectivity index (χ2n) is 7.54.